The van der Waals surface area contributed by atoms with Crippen LogP contribution in [-0.4, -0.2) is 33.7 Å². The second-order valence-corrected chi connectivity index (χ2v) is 5.43. The number of hydrogen-bond acceptors (Lipinski definition) is 3. The fourth-order valence-corrected chi connectivity index (χ4v) is 3.18. The third-order valence-corrected chi connectivity index (χ3v) is 4.31. The maximum absolute atomic E-state index is 11.4. The Morgan fingerprint density at radius 2 is 2.40 bits per heavy atom. The molecule has 2 N–H and O–H groups in total. The molecule has 0 spiro atoms. The summed E-state index contributed by atoms with van der Waals surface area (Å²) in [5.74, 6) is -1.27. The Hall–Kier alpha value is -1.88. The average molecular weight is 273 g/mol. The molecule has 0 saturated heterocycles. The Morgan fingerprint density at radius 3 is 3.10 bits per heavy atom. The number of nitrogens with zero attached hydrogens (tertiary/aromatic N) is 2. The zero-order valence-electron chi connectivity index (χ0n) is 11.8. The van der Waals surface area contributed by atoms with Gasteiger partial charge in [-0.15, -0.1) is 0 Å². The van der Waals surface area contributed by atoms with Gasteiger partial charge < -0.3 is 15.0 Å². The number of carbonyl (C=O) groups is 1. The van der Waals surface area contributed by atoms with Crippen molar-refractivity contribution in [2.75, 3.05) is 7.05 Å². The van der Waals surface area contributed by atoms with Gasteiger partial charge in [-0.2, -0.15) is 0 Å². The van der Waals surface area contributed by atoms with Gasteiger partial charge in [0, 0.05) is 29.9 Å². The fraction of sp³-hybridized carbons (Fsp3) is 0.467. The first kappa shape index (κ1) is 13.1. The fourth-order valence-electron chi connectivity index (χ4n) is 3.18. The van der Waals surface area contributed by atoms with Crippen LogP contribution in [0.5, 0.6) is 0 Å². The number of carboxylic acid groups (broad SMARTS) is 1. The van der Waals surface area contributed by atoms with Gasteiger partial charge in [0.2, 0.25) is 0 Å². The molecule has 0 aromatic carbocycles. The normalized spacial score (nSPS) is 19.8. The molecule has 0 amide bonds. The van der Waals surface area contributed by atoms with Gasteiger partial charge >= 0.3 is 5.97 Å². The quantitative estimate of drug-likeness (QED) is 0.894. The molecule has 2 aromatic heterocycles. The van der Waals surface area contributed by atoms with Crippen molar-refractivity contribution in [2.45, 2.75) is 38.3 Å². The molecule has 20 heavy (non-hydrogen) atoms. The van der Waals surface area contributed by atoms with Crippen LogP contribution in [0, 0.1) is 0 Å². The first-order valence-corrected chi connectivity index (χ1v) is 6.99. The lowest BCUT2D eigenvalue weighted by Gasteiger charge is -2.25. The second-order valence-electron chi connectivity index (χ2n) is 5.43. The monoisotopic (exact) mass is 273 g/mol. The molecule has 3 rings (SSSR count). The van der Waals surface area contributed by atoms with E-state index < -0.39 is 11.9 Å². The Morgan fingerprint density at radius 1 is 1.60 bits per heavy atom. The van der Waals surface area contributed by atoms with Gasteiger partial charge in [0.1, 0.15) is 5.65 Å². The van der Waals surface area contributed by atoms with E-state index >= 15 is 0 Å². The number of pyridine rings is 1. The lowest BCUT2D eigenvalue weighted by Crippen LogP contribution is -2.35. The van der Waals surface area contributed by atoms with E-state index in [0.717, 1.165) is 41.7 Å². The first-order chi connectivity index (χ1) is 9.63. The van der Waals surface area contributed by atoms with Gasteiger partial charge in [-0.05, 0) is 44.5 Å². The summed E-state index contributed by atoms with van der Waals surface area (Å²) in [5.41, 5.74) is 2.99. The molecule has 2 aromatic rings. The van der Waals surface area contributed by atoms with Crippen molar-refractivity contribution in [1.82, 2.24) is 14.9 Å². The summed E-state index contributed by atoms with van der Waals surface area (Å²) in [6, 6.07) is 4.28. The van der Waals surface area contributed by atoms with E-state index in [0.29, 0.717) is 6.04 Å². The van der Waals surface area contributed by atoms with Crippen LogP contribution < -0.4 is 5.32 Å². The van der Waals surface area contributed by atoms with E-state index in [1.165, 1.54) is 0 Å². The molecule has 2 atom stereocenters. The Labute approximate surface area is 117 Å². The van der Waals surface area contributed by atoms with E-state index in [1.807, 2.05) is 19.2 Å². The van der Waals surface area contributed by atoms with Crippen LogP contribution >= 0.6 is 0 Å². The predicted octanol–water partition coefficient (Wildman–Crippen LogP) is 1.76. The topological polar surface area (TPSA) is 67.2 Å². The average Bonchev–Trinajstić information content (AvgIpc) is 2.80. The van der Waals surface area contributed by atoms with Crippen molar-refractivity contribution in [2.24, 2.45) is 0 Å². The van der Waals surface area contributed by atoms with Crippen molar-refractivity contribution in [1.29, 1.82) is 0 Å². The number of fused-ring (bicyclic) bond motifs is 3. The van der Waals surface area contributed by atoms with E-state index in [9.17, 15) is 9.90 Å². The van der Waals surface area contributed by atoms with Gasteiger partial charge in [-0.25, -0.2) is 4.98 Å². The molecular weight excluding hydrogens is 254 g/mol. The van der Waals surface area contributed by atoms with E-state index in [1.54, 1.807) is 13.1 Å². The summed E-state index contributed by atoms with van der Waals surface area (Å²) in [7, 11) is 1.97. The van der Waals surface area contributed by atoms with E-state index in [-0.39, 0.29) is 0 Å². The minimum absolute atomic E-state index is 0.424. The standard InChI is InChI=1S/C15H19N3O2/c1-9(15(19)20)13-11-4-3-7-17-14(11)18-8-10(16-2)5-6-12(13)18/h3-4,7,9-10,16H,5-6,8H2,1-2H3,(H,19,20)/t9?,10-/m1/s1. The molecule has 1 aliphatic heterocycles. The molecule has 0 aliphatic carbocycles. The highest BCUT2D eigenvalue weighted by Crippen LogP contribution is 2.34. The maximum atomic E-state index is 11.4. The number of aromatic nitrogens is 2. The van der Waals surface area contributed by atoms with Crippen LogP contribution in [0.4, 0.5) is 0 Å². The van der Waals surface area contributed by atoms with Crippen LogP contribution in [0.3, 0.4) is 0 Å². The zero-order valence-corrected chi connectivity index (χ0v) is 11.8. The van der Waals surface area contributed by atoms with Crippen molar-refractivity contribution in [3.63, 3.8) is 0 Å². The van der Waals surface area contributed by atoms with Crippen molar-refractivity contribution >= 4 is 17.0 Å². The number of rotatable bonds is 3. The van der Waals surface area contributed by atoms with Crippen LogP contribution in [0.1, 0.15) is 30.5 Å². The minimum atomic E-state index is -0.778. The van der Waals surface area contributed by atoms with Crippen molar-refractivity contribution < 1.29 is 9.90 Å². The number of carboxylic acids is 1. The molecule has 1 aliphatic rings. The van der Waals surface area contributed by atoms with Crippen LogP contribution in [0.15, 0.2) is 18.3 Å². The largest absolute Gasteiger partial charge is 0.481 e. The Bertz CT molecular complexity index is 662. The Kier molecular flexibility index (Phi) is 3.22. The highest BCUT2D eigenvalue weighted by atomic mass is 16.4. The summed E-state index contributed by atoms with van der Waals surface area (Å²) in [4.78, 5) is 15.9. The SMILES string of the molecule is CN[C@@H]1CCc2c(C(C)C(=O)O)c3cccnc3n2C1. The third kappa shape index (κ3) is 1.89. The highest BCUT2D eigenvalue weighted by molar-refractivity contribution is 5.89. The minimum Gasteiger partial charge on any atom is -0.481 e. The van der Waals surface area contributed by atoms with Gasteiger partial charge in [0.05, 0.1) is 5.92 Å². The van der Waals surface area contributed by atoms with E-state index in [4.69, 9.17) is 0 Å². The second kappa shape index (κ2) is 4.90. The molecule has 0 radical (unpaired) electrons. The lowest BCUT2D eigenvalue weighted by molar-refractivity contribution is -0.138. The summed E-state index contributed by atoms with van der Waals surface area (Å²) in [5, 5.41) is 13.7. The van der Waals surface area contributed by atoms with Crippen LogP contribution in [0.25, 0.3) is 11.0 Å². The summed E-state index contributed by atoms with van der Waals surface area (Å²) in [6.07, 6.45) is 3.70. The molecule has 0 saturated carbocycles. The van der Waals surface area contributed by atoms with Crippen molar-refractivity contribution in [3.8, 4) is 0 Å². The van der Waals surface area contributed by atoms with Crippen LogP contribution in [0.2, 0.25) is 0 Å². The molecule has 5 heteroatoms. The van der Waals surface area contributed by atoms with Crippen LogP contribution in [-0.2, 0) is 17.8 Å². The number of nitrogens with one attached hydrogen (secondary N) is 1. The van der Waals surface area contributed by atoms with Gasteiger partial charge in [0.15, 0.2) is 0 Å². The van der Waals surface area contributed by atoms with Gasteiger partial charge in [-0.3, -0.25) is 4.79 Å². The molecule has 106 valence electrons. The molecule has 3 heterocycles. The summed E-state index contributed by atoms with van der Waals surface area (Å²) < 4.78 is 2.19. The van der Waals surface area contributed by atoms with E-state index in [2.05, 4.69) is 14.9 Å². The van der Waals surface area contributed by atoms with Crippen molar-refractivity contribution in [3.05, 3.63) is 29.6 Å². The Balaban J connectivity index is 2.23. The summed E-state index contributed by atoms with van der Waals surface area (Å²) in [6.45, 7) is 2.61. The summed E-state index contributed by atoms with van der Waals surface area (Å²) >= 11 is 0. The highest BCUT2D eigenvalue weighted by Gasteiger charge is 2.29. The molecule has 0 fully saturated rings. The smallest absolute Gasteiger partial charge is 0.310 e. The number of likely N-dealkylation sites (N-methyl/N-ethyl adjacent to an activating group) is 1. The number of hydrogen-bond donors (Lipinski definition) is 2. The predicted molar refractivity (Wildman–Crippen MR) is 77.0 cm³/mol. The first-order valence-electron chi connectivity index (χ1n) is 6.99. The zero-order chi connectivity index (χ0) is 14.3. The third-order valence-electron chi connectivity index (χ3n) is 4.31. The molecular formula is C15H19N3O2. The van der Waals surface area contributed by atoms with Gasteiger partial charge in [-0.1, -0.05) is 0 Å². The number of aliphatic carboxylic acids is 1. The molecule has 0 bridgehead atoms. The van der Waals surface area contributed by atoms with Gasteiger partial charge in [0.25, 0.3) is 0 Å². The molecule has 1 unspecified atom stereocenters. The maximum Gasteiger partial charge on any atom is 0.310 e. The molecule has 5 nitrogen and oxygen atoms in total. The lowest BCUT2D eigenvalue weighted by atomic mass is 9.94.